The largest absolute Gasteiger partial charge is 0.0853 e. The van der Waals surface area contributed by atoms with Crippen molar-refractivity contribution in [3.05, 3.63) is 18.6 Å². The fourth-order valence-corrected chi connectivity index (χ4v) is 1.20. The molecule has 1 atom stereocenters. The fourth-order valence-electron chi connectivity index (χ4n) is 1.20. The first-order valence-corrected chi connectivity index (χ1v) is 3.30. The van der Waals surface area contributed by atoms with Crippen molar-refractivity contribution < 1.29 is 0 Å². The van der Waals surface area contributed by atoms with E-state index in [0.29, 0.717) is 0 Å². The molecule has 0 nitrogen and oxygen atoms in total. The van der Waals surface area contributed by atoms with Crippen molar-refractivity contribution >= 4 is 0 Å². The fraction of sp³-hybridized carbons (Fsp3) is 0.625. The molecule has 0 spiro atoms. The highest BCUT2D eigenvalue weighted by Gasteiger charge is 2.05. The second kappa shape index (κ2) is 2.34. The van der Waals surface area contributed by atoms with Crippen molar-refractivity contribution in [3.8, 4) is 0 Å². The molecule has 1 aliphatic carbocycles. The van der Waals surface area contributed by atoms with E-state index in [1.165, 1.54) is 24.8 Å². The standard InChI is InChI=1S/C8H13/c1-7-4-3-5-8(2)6-7/h4,8H,1,3,5-6H2,2H3. The van der Waals surface area contributed by atoms with Crippen LogP contribution in [0.1, 0.15) is 26.2 Å². The van der Waals surface area contributed by atoms with E-state index in [0.717, 1.165) is 5.92 Å². The zero-order chi connectivity index (χ0) is 5.98. The summed E-state index contributed by atoms with van der Waals surface area (Å²) in [7, 11) is 0. The summed E-state index contributed by atoms with van der Waals surface area (Å²) in [6.45, 7) is 6.20. The van der Waals surface area contributed by atoms with Crippen LogP contribution in [0.25, 0.3) is 0 Å². The van der Waals surface area contributed by atoms with E-state index in [-0.39, 0.29) is 0 Å². The molecule has 1 radical (unpaired) electrons. The topological polar surface area (TPSA) is 0 Å². The highest BCUT2D eigenvalue weighted by molar-refractivity contribution is 5.08. The maximum atomic E-state index is 3.91. The Morgan fingerprint density at radius 2 is 2.50 bits per heavy atom. The predicted octanol–water partition coefficient (Wildman–Crippen LogP) is 2.57. The molecule has 0 fully saturated rings. The molecule has 1 rings (SSSR count). The SMILES string of the molecule is [CH2]C1=CCCC(C)C1. The predicted molar refractivity (Wildman–Crippen MR) is 36.5 cm³/mol. The Hall–Kier alpha value is -0.260. The Bertz CT molecular complexity index is 101. The molecular formula is C8H13. The van der Waals surface area contributed by atoms with Crippen LogP contribution in [0, 0.1) is 12.8 Å². The van der Waals surface area contributed by atoms with Gasteiger partial charge in [-0.25, -0.2) is 0 Å². The Morgan fingerprint density at radius 3 is 2.88 bits per heavy atom. The van der Waals surface area contributed by atoms with Gasteiger partial charge in [0.25, 0.3) is 0 Å². The zero-order valence-electron chi connectivity index (χ0n) is 5.48. The van der Waals surface area contributed by atoms with Crippen molar-refractivity contribution in [2.45, 2.75) is 26.2 Å². The molecule has 0 aromatic carbocycles. The summed E-state index contributed by atoms with van der Waals surface area (Å²) < 4.78 is 0. The van der Waals surface area contributed by atoms with E-state index in [9.17, 15) is 0 Å². The minimum atomic E-state index is 0.882. The van der Waals surface area contributed by atoms with Crippen LogP contribution in [0.4, 0.5) is 0 Å². The summed E-state index contributed by atoms with van der Waals surface area (Å²) in [6.07, 6.45) is 6.08. The van der Waals surface area contributed by atoms with Crippen LogP contribution < -0.4 is 0 Å². The average molecular weight is 109 g/mol. The zero-order valence-corrected chi connectivity index (χ0v) is 5.48. The summed E-state index contributed by atoms with van der Waals surface area (Å²) >= 11 is 0. The van der Waals surface area contributed by atoms with Gasteiger partial charge in [-0.3, -0.25) is 0 Å². The van der Waals surface area contributed by atoms with Gasteiger partial charge < -0.3 is 0 Å². The molecule has 0 heterocycles. The molecule has 0 saturated carbocycles. The second-order valence-electron chi connectivity index (χ2n) is 2.75. The molecule has 0 heteroatoms. The summed E-state index contributed by atoms with van der Waals surface area (Å²) in [5, 5.41) is 0. The number of hydrogen-bond acceptors (Lipinski definition) is 0. The Labute approximate surface area is 51.6 Å². The van der Waals surface area contributed by atoms with Crippen LogP contribution >= 0.6 is 0 Å². The number of hydrogen-bond donors (Lipinski definition) is 0. The molecule has 0 amide bonds. The third-order valence-electron chi connectivity index (χ3n) is 1.70. The summed E-state index contributed by atoms with van der Waals surface area (Å²) in [4.78, 5) is 0. The van der Waals surface area contributed by atoms with Gasteiger partial charge >= 0.3 is 0 Å². The lowest BCUT2D eigenvalue weighted by atomic mass is 9.91. The molecule has 0 aromatic heterocycles. The molecule has 0 aliphatic heterocycles. The first-order valence-electron chi connectivity index (χ1n) is 3.30. The maximum Gasteiger partial charge on any atom is -0.0283 e. The lowest BCUT2D eigenvalue weighted by Crippen LogP contribution is -1.99. The summed E-state index contributed by atoms with van der Waals surface area (Å²) in [5.74, 6) is 0.882. The third kappa shape index (κ3) is 1.36. The van der Waals surface area contributed by atoms with Gasteiger partial charge in [0.15, 0.2) is 0 Å². The quantitative estimate of drug-likeness (QED) is 0.448. The average Bonchev–Trinajstić information content (AvgIpc) is 1.64. The number of allylic oxidation sites excluding steroid dienone is 2. The highest BCUT2D eigenvalue weighted by Crippen LogP contribution is 2.21. The van der Waals surface area contributed by atoms with Crippen LogP contribution in [0.3, 0.4) is 0 Å². The summed E-state index contributed by atoms with van der Waals surface area (Å²) in [5.41, 5.74) is 1.34. The van der Waals surface area contributed by atoms with Crippen molar-refractivity contribution in [2.24, 2.45) is 5.92 Å². The van der Waals surface area contributed by atoms with Gasteiger partial charge in [-0.2, -0.15) is 0 Å². The Balaban J connectivity index is 2.45. The molecule has 8 heavy (non-hydrogen) atoms. The molecule has 1 aliphatic rings. The van der Waals surface area contributed by atoms with Gasteiger partial charge in [0.2, 0.25) is 0 Å². The van der Waals surface area contributed by atoms with Crippen LogP contribution in [-0.2, 0) is 0 Å². The minimum absolute atomic E-state index is 0.882. The minimum Gasteiger partial charge on any atom is -0.0853 e. The van der Waals surface area contributed by atoms with Crippen molar-refractivity contribution in [2.75, 3.05) is 0 Å². The highest BCUT2D eigenvalue weighted by atomic mass is 14.1. The van der Waals surface area contributed by atoms with Gasteiger partial charge in [-0.05, 0) is 32.1 Å². The Morgan fingerprint density at radius 1 is 1.75 bits per heavy atom. The first-order chi connectivity index (χ1) is 3.79. The molecule has 0 aromatic rings. The van der Waals surface area contributed by atoms with E-state index in [2.05, 4.69) is 19.9 Å². The van der Waals surface area contributed by atoms with Crippen molar-refractivity contribution in [1.29, 1.82) is 0 Å². The van der Waals surface area contributed by atoms with Crippen molar-refractivity contribution in [1.82, 2.24) is 0 Å². The molecule has 0 bridgehead atoms. The van der Waals surface area contributed by atoms with E-state index in [1.807, 2.05) is 0 Å². The Kier molecular flexibility index (Phi) is 1.72. The van der Waals surface area contributed by atoms with E-state index < -0.39 is 0 Å². The van der Waals surface area contributed by atoms with Gasteiger partial charge in [-0.15, -0.1) is 0 Å². The smallest absolute Gasteiger partial charge is 0.0283 e. The van der Waals surface area contributed by atoms with E-state index >= 15 is 0 Å². The normalized spacial score (nSPS) is 29.8. The lowest BCUT2D eigenvalue weighted by molar-refractivity contribution is 0.515. The summed E-state index contributed by atoms with van der Waals surface area (Å²) in [6, 6.07) is 0. The molecule has 0 saturated heterocycles. The monoisotopic (exact) mass is 109 g/mol. The van der Waals surface area contributed by atoms with Crippen LogP contribution in [0.2, 0.25) is 0 Å². The number of rotatable bonds is 0. The third-order valence-corrected chi connectivity index (χ3v) is 1.70. The molecule has 45 valence electrons. The van der Waals surface area contributed by atoms with Gasteiger partial charge in [-0.1, -0.05) is 18.6 Å². The lowest BCUT2D eigenvalue weighted by Gasteiger charge is -2.15. The van der Waals surface area contributed by atoms with Crippen LogP contribution in [0.5, 0.6) is 0 Å². The van der Waals surface area contributed by atoms with Crippen molar-refractivity contribution in [3.63, 3.8) is 0 Å². The molecular weight excluding hydrogens is 96.1 g/mol. The van der Waals surface area contributed by atoms with Gasteiger partial charge in [0.05, 0.1) is 0 Å². The second-order valence-corrected chi connectivity index (χ2v) is 2.75. The van der Waals surface area contributed by atoms with Gasteiger partial charge in [0, 0.05) is 0 Å². The van der Waals surface area contributed by atoms with Gasteiger partial charge in [0.1, 0.15) is 0 Å². The van der Waals surface area contributed by atoms with Crippen LogP contribution in [0.15, 0.2) is 11.6 Å². The van der Waals surface area contributed by atoms with Crippen LogP contribution in [-0.4, -0.2) is 0 Å². The maximum absolute atomic E-state index is 3.91. The van der Waals surface area contributed by atoms with E-state index in [4.69, 9.17) is 0 Å². The molecule has 0 N–H and O–H groups in total. The van der Waals surface area contributed by atoms with E-state index in [1.54, 1.807) is 0 Å². The first kappa shape index (κ1) is 5.87. The molecule has 1 unspecified atom stereocenters.